The van der Waals surface area contributed by atoms with Gasteiger partial charge in [0.25, 0.3) is 5.91 Å². The minimum absolute atomic E-state index is 0.150. The molecular weight excluding hydrogens is 356 g/mol. The summed E-state index contributed by atoms with van der Waals surface area (Å²) in [6.45, 7) is 8.20. The molecule has 1 aromatic rings. The quantitative estimate of drug-likeness (QED) is 0.249. The Labute approximate surface area is 169 Å². The molecule has 7 heteroatoms. The van der Waals surface area contributed by atoms with Crippen molar-refractivity contribution in [1.82, 2.24) is 16.0 Å². The number of hydrogen-bond acceptors (Lipinski definition) is 4. The number of amides is 1. The minimum Gasteiger partial charge on any atom is -0.497 e. The van der Waals surface area contributed by atoms with Crippen LogP contribution in [0.5, 0.6) is 5.75 Å². The number of aliphatic imine (C=N–C) groups is 1. The normalized spacial score (nSPS) is 11.8. The van der Waals surface area contributed by atoms with Crippen LogP contribution < -0.4 is 20.7 Å². The molecule has 0 saturated heterocycles. The van der Waals surface area contributed by atoms with Crippen LogP contribution in [0, 0.1) is 0 Å². The Bertz CT molecular complexity index is 613. The molecule has 0 fully saturated rings. The smallest absolute Gasteiger partial charge is 0.251 e. The van der Waals surface area contributed by atoms with Crippen LogP contribution in [0.3, 0.4) is 0 Å². The molecule has 0 spiro atoms. The Hall–Kier alpha value is -2.28. The molecule has 0 unspecified atom stereocenters. The first kappa shape index (κ1) is 23.8. The van der Waals surface area contributed by atoms with Crippen molar-refractivity contribution in [3.63, 3.8) is 0 Å². The van der Waals surface area contributed by atoms with Crippen LogP contribution >= 0.6 is 0 Å². The summed E-state index contributed by atoms with van der Waals surface area (Å²) in [7, 11) is 1.57. The molecule has 0 atom stereocenters. The van der Waals surface area contributed by atoms with E-state index in [1.165, 1.54) is 0 Å². The number of nitrogens with one attached hydrogen (secondary N) is 3. The maximum atomic E-state index is 12.2. The summed E-state index contributed by atoms with van der Waals surface area (Å²) in [4.78, 5) is 16.7. The summed E-state index contributed by atoms with van der Waals surface area (Å²) < 4.78 is 5.14. The fraction of sp³-hybridized carbons (Fsp3) is 0.619. The van der Waals surface area contributed by atoms with Crippen molar-refractivity contribution in [3.8, 4) is 5.75 Å². The second kappa shape index (κ2) is 13.0. The Kier molecular flexibility index (Phi) is 11.0. The number of guanidine groups is 1. The van der Waals surface area contributed by atoms with E-state index in [0.717, 1.165) is 32.2 Å². The number of aliphatic hydroxyl groups is 1. The summed E-state index contributed by atoms with van der Waals surface area (Å²) in [6, 6.07) is 7.04. The predicted molar refractivity (Wildman–Crippen MR) is 114 cm³/mol. The third-order valence-corrected chi connectivity index (χ3v) is 4.34. The molecule has 0 radical (unpaired) electrons. The lowest BCUT2D eigenvalue weighted by Crippen LogP contribution is -2.43. The van der Waals surface area contributed by atoms with Crippen molar-refractivity contribution < 1.29 is 14.6 Å². The van der Waals surface area contributed by atoms with Gasteiger partial charge < -0.3 is 25.8 Å². The van der Waals surface area contributed by atoms with Crippen molar-refractivity contribution in [3.05, 3.63) is 29.8 Å². The fourth-order valence-electron chi connectivity index (χ4n) is 3.01. The Balaban J connectivity index is 2.52. The topological polar surface area (TPSA) is 95.0 Å². The van der Waals surface area contributed by atoms with Crippen molar-refractivity contribution in [2.24, 2.45) is 4.99 Å². The van der Waals surface area contributed by atoms with Crippen LogP contribution in [0.15, 0.2) is 29.3 Å². The number of hydrogen-bond donors (Lipinski definition) is 4. The summed E-state index contributed by atoms with van der Waals surface area (Å²) in [5.41, 5.74) is -0.198. The number of methoxy groups -OCH3 is 1. The molecule has 0 aliphatic carbocycles. The van der Waals surface area contributed by atoms with Crippen LogP contribution in [-0.4, -0.2) is 55.9 Å². The summed E-state index contributed by atoms with van der Waals surface area (Å²) in [6.07, 6.45) is 3.32. The monoisotopic (exact) mass is 392 g/mol. The number of carbonyl (C=O) groups excluding carboxylic acids is 1. The number of carbonyl (C=O) groups is 1. The zero-order valence-corrected chi connectivity index (χ0v) is 17.7. The number of ether oxygens (including phenoxy) is 1. The molecule has 28 heavy (non-hydrogen) atoms. The van der Waals surface area contributed by atoms with E-state index in [9.17, 15) is 9.90 Å². The second-order valence-electron chi connectivity index (χ2n) is 6.83. The van der Waals surface area contributed by atoms with E-state index >= 15 is 0 Å². The summed E-state index contributed by atoms with van der Waals surface area (Å²) in [5, 5.41) is 20.0. The third kappa shape index (κ3) is 8.61. The molecule has 0 aliphatic heterocycles. The van der Waals surface area contributed by atoms with Gasteiger partial charge in [0.15, 0.2) is 5.96 Å². The average Bonchev–Trinajstić information content (AvgIpc) is 2.69. The van der Waals surface area contributed by atoms with Gasteiger partial charge in [0.2, 0.25) is 0 Å². The van der Waals surface area contributed by atoms with Crippen molar-refractivity contribution >= 4 is 11.9 Å². The van der Waals surface area contributed by atoms with Crippen LogP contribution in [0.2, 0.25) is 0 Å². The van der Waals surface area contributed by atoms with Gasteiger partial charge in [-0.25, -0.2) is 0 Å². The molecule has 0 saturated carbocycles. The number of nitrogens with zero attached hydrogens (tertiary/aromatic N) is 1. The first-order valence-electron chi connectivity index (χ1n) is 10.1. The van der Waals surface area contributed by atoms with Crippen LogP contribution in [0.25, 0.3) is 0 Å². The zero-order chi connectivity index (χ0) is 20.8. The third-order valence-electron chi connectivity index (χ3n) is 4.34. The number of benzene rings is 1. The van der Waals surface area contributed by atoms with E-state index in [4.69, 9.17) is 4.74 Å². The lowest BCUT2D eigenvalue weighted by molar-refractivity contribution is 0.0306. The zero-order valence-electron chi connectivity index (χ0n) is 17.7. The van der Waals surface area contributed by atoms with Gasteiger partial charge in [-0.1, -0.05) is 32.8 Å². The van der Waals surface area contributed by atoms with Gasteiger partial charge in [-0.3, -0.25) is 9.79 Å². The maximum absolute atomic E-state index is 12.2. The SMILES string of the molecule is CCCC(O)(CCC)CN=C(NCC)NCCNC(=O)c1cccc(OC)c1. The van der Waals surface area contributed by atoms with E-state index in [2.05, 4.69) is 34.8 Å². The lowest BCUT2D eigenvalue weighted by atomic mass is 9.93. The van der Waals surface area contributed by atoms with Crippen molar-refractivity contribution in [1.29, 1.82) is 0 Å². The van der Waals surface area contributed by atoms with E-state index < -0.39 is 5.60 Å². The molecule has 0 heterocycles. The van der Waals surface area contributed by atoms with E-state index in [1.807, 2.05) is 6.92 Å². The van der Waals surface area contributed by atoms with Crippen molar-refractivity contribution in [2.75, 3.05) is 33.3 Å². The second-order valence-corrected chi connectivity index (χ2v) is 6.83. The summed E-state index contributed by atoms with van der Waals surface area (Å²) >= 11 is 0. The molecule has 0 bridgehead atoms. The summed E-state index contributed by atoms with van der Waals surface area (Å²) in [5.74, 6) is 1.14. The molecule has 1 rings (SSSR count). The predicted octanol–water partition coefficient (Wildman–Crippen LogP) is 2.31. The van der Waals surface area contributed by atoms with Crippen LogP contribution in [-0.2, 0) is 0 Å². The Morgan fingerprint density at radius 2 is 1.79 bits per heavy atom. The largest absolute Gasteiger partial charge is 0.497 e. The Morgan fingerprint density at radius 3 is 2.39 bits per heavy atom. The van der Waals surface area contributed by atoms with Crippen LogP contribution in [0.1, 0.15) is 56.8 Å². The van der Waals surface area contributed by atoms with E-state index in [0.29, 0.717) is 36.9 Å². The molecular formula is C21H36N4O3. The Morgan fingerprint density at radius 1 is 1.11 bits per heavy atom. The molecule has 1 aromatic carbocycles. The van der Waals surface area contributed by atoms with Crippen LogP contribution in [0.4, 0.5) is 0 Å². The van der Waals surface area contributed by atoms with E-state index in [1.54, 1.807) is 31.4 Å². The highest BCUT2D eigenvalue weighted by atomic mass is 16.5. The lowest BCUT2D eigenvalue weighted by Gasteiger charge is -2.26. The van der Waals surface area contributed by atoms with Gasteiger partial charge in [-0.05, 0) is 38.0 Å². The molecule has 7 nitrogen and oxygen atoms in total. The standard InChI is InChI=1S/C21H36N4O3/c1-5-11-21(27,12-6-2)16-25-20(22-7-3)24-14-13-23-19(26)17-9-8-10-18(15-17)28-4/h8-10,15,27H,5-7,11-14,16H2,1-4H3,(H,23,26)(H2,22,24,25). The highest BCUT2D eigenvalue weighted by Gasteiger charge is 2.24. The molecule has 0 aliphatic rings. The van der Waals surface area contributed by atoms with Gasteiger partial charge in [-0.2, -0.15) is 0 Å². The highest BCUT2D eigenvalue weighted by molar-refractivity contribution is 5.94. The first-order valence-corrected chi connectivity index (χ1v) is 10.1. The molecule has 0 aromatic heterocycles. The average molecular weight is 393 g/mol. The highest BCUT2D eigenvalue weighted by Crippen LogP contribution is 2.19. The van der Waals surface area contributed by atoms with Gasteiger partial charge >= 0.3 is 0 Å². The number of rotatable bonds is 12. The fourth-order valence-corrected chi connectivity index (χ4v) is 3.01. The van der Waals surface area contributed by atoms with E-state index in [-0.39, 0.29) is 5.91 Å². The van der Waals surface area contributed by atoms with Gasteiger partial charge in [0, 0.05) is 25.2 Å². The molecule has 1 amide bonds. The minimum atomic E-state index is -0.758. The van der Waals surface area contributed by atoms with Crippen molar-refractivity contribution in [2.45, 2.75) is 52.1 Å². The molecule has 158 valence electrons. The van der Waals surface area contributed by atoms with Gasteiger partial charge in [-0.15, -0.1) is 0 Å². The van der Waals surface area contributed by atoms with Gasteiger partial charge in [0.05, 0.1) is 19.3 Å². The van der Waals surface area contributed by atoms with Gasteiger partial charge in [0.1, 0.15) is 5.75 Å². The maximum Gasteiger partial charge on any atom is 0.251 e. The first-order chi connectivity index (χ1) is 13.5. The molecule has 4 N–H and O–H groups in total.